The van der Waals surface area contributed by atoms with Crippen LogP contribution in [0.5, 0.6) is 0 Å². The third-order valence-electron chi connectivity index (χ3n) is 4.51. The van der Waals surface area contributed by atoms with Gasteiger partial charge < -0.3 is 14.6 Å². The molecule has 2 saturated heterocycles. The number of carbonyl (C=O) groups excluding carboxylic acids is 1. The number of amides is 1. The van der Waals surface area contributed by atoms with Gasteiger partial charge >= 0.3 is 0 Å². The van der Waals surface area contributed by atoms with E-state index in [9.17, 15) is 4.79 Å². The smallest absolute Gasteiger partial charge is 0.253 e. The number of piperidine rings is 1. The van der Waals surface area contributed by atoms with E-state index >= 15 is 0 Å². The normalized spacial score (nSPS) is 28.1. The minimum atomic E-state index is -0.00424. The van der Waals surface area contributed by atoms with Crippen molar-refractivity contribution in [2.24, 2.45) is 5.92 Å². The molecule has 0 radical (unpaired) electrons. The van der Waals surface area contributed by atoms with Crippen LogP contribution in [0.25, 0.3) is 5.52 Å². The first kappa shape index (κ1) is 12.2. The molecule has 104 valence electrons. The summed E-state index contributed by atoms with van der Waals surface area (Å²) in [5.41, 5.74) is 1.66. The van der Waals surface area contributed by atoms with Crippen LogP contribution in [0.4, 0.5) is 0 Å². The summed E-state index contributed by atoms with van der Waals surface area (Å²) in [7, 11) is 0. The molecule has 0 aliphatic carbocycles. The molecule has 4 nitrogen and oxygen atoms in total. The van der Waals surface area contributed by atoms with Crippen LogP contribution in [-0.4, -0.2) is 40.9 Å². The van der Waals surface area contributed by atoms with Crippen molar-refractivity contribution in [1.82, 2.24) is 14.6 Å². The molecule has 2 unspecified atom stereocenters. The molecule has 5 heteroatoms. The fourth-order valence-electron chi connectivity index (χ4n) is 3.40. The summed E-state index contributed by atoms with van der Waals surface area (Å²) in [5.74, 6) is 0.619. The summed E-state index contributed by atoms with van der Waals surface area (Å²) >= 11 is 6.10. The van der Waals surface area contributed by atoms with E-state index in [1.54, 1.807) is 6.20 Å². The molecule has 3 atom stereocenters. The average molecular weight is 290 g/mol. The Labute approximate surface area is 122 Å². The molecule has 20 heavy (non-hydrogen) atoms. The maximum atomic E-state index is 12.4. The van der Waals surface area contributed by atoms with Crippen molar-refractivity contribution >= 4 is 23.0 Å². The molecule has 4 heterocycles. The van der Waals surface area contributed by atoms with Gasteiger partial charge in [0.2, 0.25) is 0 Å². The number of halogens is 1. The highest BCUT2D eigenvalue weighted by atomic mass is 35.5. The van der Waals surface area contributed by atoms with E-state index in [1.807, 2.05) is 28.7 Å². The standard InChI is InChI=1S/C15H16ClN3O/c16-14-4-3-12-2-1-11(8-19(12)14)15(20)17-13-9-18-6-5-10(13)7-18/h1-4,8,10,13H,5-7,9H2,(H,17,20)/t10-,13?/m1/s1. The zero-order valence-corrected chi connectivity index (χ0v) is 11.8. The topological polar surface area (TPSA) is 36.8 Å². The van der Waals surface area contributed by atoms with Crippen LogP contribution in [0.1, 0.15) is 16.8 Å². The van der Waals surface area contributed by atoms with Crippen LogP contribution in [0.15, 0.2) is 30.5 Å². The molecule has 0 aromatic carbocycles. The number of nitrogens with one attached hydrogen (secondary N) is 1. The summed E-state index contributed by atoms with van der Waals surface area (Å²) in [6, 6.07) is 7.85. The maximum absolute atomic E-state index is 12.4. The molecule has 4 rings (SSSR count). The molecular weight excluding hydrogens is 274 g/mol. The Morgan fingerprint density at radius 1 is 1.25 bits per heavy atom. The van der Waals surface area contributed by atoms with Gasteiger partial charge in [-0.3, -0.25) is 4.79 Å². The predicted octanol–water partition coefficient (Wildman–Crippen LogP) is 2.03. The zero-order valence-electron chi connectivity index (χ0n) is 11.1. The maximum Gasteiger partial charge on any atom is 0.253 e. The second kappa shape index (κ2) is 4.50. The molecular formula is C15H16ClN3O. The molecule has 1 N–H and O–H groups in total. The minimum Gasteiger partial charge on any atom is -0.348 e. The minimum absolute atomic E-state index is 0.00424. The molecule has 2 fully saturated rings. The number of aromatic nitrogens is 1. The summed E-state index contributed by atoms with van der Waals surface area (Å²) in [4.78, 5) is 14.8. The quantitative estimate of drug-likeness (QED) is 0.918. The Kier molecular flexibility index (Phi) is 2.75. The lowest BCUT2D eigenvalue weighted by Gasteiger charge is -2.23. The van der Waals surface area contributed by atoms with Gasteiger partial charge in [0.05, 0.1) is 5.56 Å². The molecule has 2 aliphatic rings. The lowest BCUT2D eigenvalue weighted by atomic mass is 10.00. The van der Waals surface area contributed by atoms with Crippen molar-refractivity contribution in [2.45, 2.75) is 12.5 Å². The van der Waals surface area contributed by atoms with Crippen molar-refractivity contribution < 1.29 is 4.79 Å². The van der Waals surface area contributed by atoms with Gasteiger partial charge in [0.25, 0.3) is 5.91 Å². The first-order chi connectivity index (χ1) is 9.70. The highest BCUT2D eigenvalue weighted by molar-refractivity contribution is 6.30. The lowest BCUT2D eigenvalue weighted by molar-refractivity contribution is 0.0924. The molecule has 0 saturated carbocycles. The van der Waals surface area contributed by atoms with Crippen molar-refractivity contribution in [2.75, 3.05) is 19.6 Å². The van der Waals surface area contributed by atoms with Crippen molar-refractivity contribution in [3.63, 3.8) is 0 Å². The second-order valence-corrected chi connectivity index (χ2v) is 6.14. The van der Waals surface area contributed by atoms with E-state index < -0.39 is 0 Å². The third kappa shape index (κ3) is 1.91. The van der Waals surface area contributed by atoms with E-state index in [1.165, 1.54) is 13.0 Å². The van der Waals surface area contributed by atoms with Gasteiger partial charge in [-0.15, -0.1) is 0 Å². The third-order valence-corrected chi connectivity index (χ3v) is 4.82. The van der Waals surface area contributed by atoms with Crippen LogP contribution in [0.2, 0.25) is 5.15 Å². The Hall–Kier alpha value is -1.52. The van der Waals surface area contributed by atoms with Crippen molar-refractivity contribution in [3.8, 4) is 0 Å². The SMILES string of the molecule is O=C(NC1CN2CC[C@@H]1C2)c1ccc2ccc(Cl)n2c1. The second-order valence-electron chi connectivity index (χ2n) is 5.76. The Balaban J connectivity index is 1.56. The highest BCUT2D eigenvalue weighted by Crippen LogP contribution is 2.28. The van der Waals surface area contributed by atoms with Gasteiger partial charge in [0, 0.05) is 30.8 Å². The van der Waals surface area contributed by atoms with Gasteiger partial charge in [-0.05, 0) is 43.1 Å². The van der Waals surface area contributed by atoms with E-state index in [4.69, 9.17) is 11.6 Å². The van der Waals surface area contributed by atoms with E-state index in [2.05, 4.69) is 10.2 Å². The lowest BCUT2D eigenvalue weighted by Crippen LogP contribution is -2.43. The number of hydrogen-bond acceptors (Lipinski definition) is 2. The number of rotatable bonds is 2. The fourth-order valence-corrected chi connectivity index (χ4v) is 3.61. The van der Waals surface area contributed by atoms with Gasteiger partial charge in [-0.1, -0.05) is 11.6 Å². The van der Waals surface area contributed by atoms with Crippen LogP contribution < -0.4 is 5.32 Å². The fraction of sp³-hybridized carbons (Fsp3) is 0.400. The number of nitrogens with zero attached hydrogens (tertiary/aromatic N) is 2. The summed E-state index contributed by atoms with van der Waals surface area (Å²) in [5, 5.41) is 3.79. The summed E-state index contributed by atoms with van der Waals surface area (Å²) < 4.78 is 1.83. The molecule has 1 amide bonds. The highest BCUT2D eigenvalue weighted by Gasteiger charge is 2.38. The number of hydrogen-bond donors (Lipinski definition) is 1. The number of fused-ring (bicyclic) bond motifs is 3. The Morgan fingerprint density at radius 3 is 2.85 bits per heavy atom. The predicted molar refractivity (Wildman–Crippen MR) is 78.2 cm³/mol. The van der Waals surface area contributed by atoms with Crippen LogP contribution in [0, 0.1) is 5.92 Å². The van der Waals surface area contributed by atoms with Gasteiger partial charge in [-0.25, -0.2) is 0 Å². The number of carbonyl (C=O) groups is 1. The van der Waals surface area contributed by atoms with E-state index in [0.29, 0.717) is 22.7 Å². The first-order valence-electron chi connectivity index (χ1n) is 7.00. The largest absolute Gasteiger partial charge is 0.348 e. The van der Waals surface area contributed by atoms with Crippen molar-refractivity contribution in [1.29, 1.82) is 0 Å². The van der Waals surface area contributed by atoms with Crippen LogP contribution in [-0.2, 0) is 0 Å². The van der Waals surface area contributed by atoms with Crippen molar-refractivity contribution in [3.05, 3.63) is 41.2 Å². The van der Waals surface area contributed by atoms with Gasteiger partial charge in [0.1, 0.15) is 5.15 Å². The van der Waals surface area contributed by atoms with Crippen LogP contribution in [0.3, 0.4) is 0 Å². The summed E-state index contributed by atoms with van der Waals surface area (Å²) in [6.45, 7) is 3.30. The molecule has 2 aromatic rings. The zero-order chi connectivity index (χ0) is 13.7. The van der Waals surface area contributed by atoms with Gasteiger partial charge in [0.15, 0.2) is 0 Å². The van der Waals surface area contributed by atoms with E-state index in [-0.39, 0.29) is 5.91 Å². The summed E-state index contributed by atoms with van der Waals surface area (Å²) in [6.07, 6.45) is 3.01. The Bertz CT molecular complexity index is 681. The monoisotopic (exact) mass is 289 g/mol. The molecule has 2 bridgehead atoms. The molecule has 2 aliphatic heterocycles. The molecule has 0 spiro atoms. The Morgan fingerprint density at radius 2 is 2.10 bits per heavy atom. The van der Waals surface area contributed by atoms with Crippen LogP contribution >= 0.6 is 11.6 Å². The molecule has 2 aromatic heterocycles. The first-order valence-corrected chi connectivity index (χ1v) is 7.38. The average Bonchev–Trinajstić information content (AvgIpc) is 3.15. The number of pyridine rings is 1. The van der Waals surface area contributed by atoms with Gasteiger partial charge in [-0.2, -0.15) is 0 Å². The van der Waals surface area contributed by atoms with E-state index in [0.717, 1.165) is 18.6 Å².